The molecule has 0 amide bonds. The molecule has 1 fully saturated rings. The Balaban J connectivity index is 1.42. The quantitative estimate of drug-likeness (QED) is 0.266. The highest BCUT2D eigenvalue weighted by atomic mass is 16.6. The van der Waals surface area contributed by atoms with Gasteiger partial charge in [-0.05, 0) is 29.2 Å². The third-order valence-electron chi connectivity index (χ3n) is 6.64. The van der Waals surface area contributed by atoms with E-state index >= 15 is 0 Å². The van der Waals surface area contributed by atoms with Crippen LogP contribution in [0, 0.1) is 11.8 Å². The maximum atomic E-state index is 12.9. The van der Waals surface area contributed by atoms with Gasteiger partial charge >= 0.3 is 17.9 Å². The molecule has 1 heterocycles. The fraction of sp³-hybridized carbons (Fsp3) is 0.346. The van der Waals surface area contributed by atoms with Crippen molar-refractivity contribution in [3.63, 3.8) is 0 Å². The first kappa shape index (κ1) is 21.6. The van der Waals surface area contributed by atoms with Crippen molar-refractivity contribution in [2.75, 3.05) is 26.4 Å². The summed E-state index contributed by atoms with van der Waals surface area (Å²) in [6, 6.07) is 15.6. The van der Waals surface area contributed by atoms with E-state index in [-0.39, 0.29) is 32.3 Å². The van der Waals surface area contributed by atoms with Gasteiger partial charge < -0.3 is 18.9 Å². The molecule has 0 aromatic heterocycles. The van der Waals surface area contributed by atoms with Crippen molar-refractivity contribution in [2.45, 2.75) is 18.4 Å². The molecule has 1 aliphatic heterocycles. The van der Waals surface area contributed by atoms with Crippen LogP contribution in [0.5, 0.6) is 0 Å². The lowest BCUT2D eigenvalue weighted by molar-refractivity contribution is -0.158. The first-order valence-corrected chi connectivity index (χ1v) is 11.0. The molecule has 2 unspecified atom stereocenters. The van der Waals surface area contributed by atoms with Gasteiger partial charge in [0.1, 0.15) is 18.1 Å². The molecule has 0 radical (unpaired) electrons. The Kier molecular flexibility index (Phi) is 5.38. The van der Waals surface area contributed by atoms with E-state index in [1.165, 1.54) is 0 Å². The highest BCUT2D eigenvalue weighted by molar-refractivity contribution is 6.00. The Morgan fingerprint density at radius 2 is 1.55 bits per heavy atom. The van der Waals surface area contributed by atoms with Gasteiger partial charge in [0.25, 0.3) is 0 Å². The Morgan fingerprint density at radius 1 is 0.939 bits per heavy atom. The molecule has 2 aromatic rings. The minimum absolute atomic E-state index is 0.107. The summed E-state index contributed by atoms with van der Waals surface area (Å²) in [5.74, 6) is -3.13. The molecule has 0 saturated carbocycles. The molecule has 0 N–H and O–H groups in total. The minimum atomic E-state index is -1.13. The fourth-order valence-corrected chi connectivity index (χ4v) is 5.43. The van der Waals surface area contributed by atoms with Gasteiger partial charge in [-0.3, -0.25) is 9.59 Å². The molecule has 3 aliphatic carbocycles. The Hall–Kier alpha value is -3.29. The van der Waals surface area contributed by atoms with E-state index < -0.39 is 35.3 Å². The number of esters is 3. The van der Waals surface area contributed by atoms with Crippen molar-refractivity contribution in [3.05, 3.63) is 82.9 Å². The zero-order chi connectivity index (χ0) is 23.2. The summed E-state index contributed by atoms with van der Waals surface area (Å²) < 4.78 is 22.2. The van der Waals surface area contributed by atoms with E-state index in [4.69, 9.17) is 18.9 Å². The lowest BCUT2D eigenvalue weighted by atomic mass is 9.52. The average Bonchev–Trinajstić information content (AvgIpc) is 3.13. The summed E-state index contributed by atoms with van der Waals surface area (Å²) in [5.41, 5.74) is 2.93. The molecule has 0 spiro atoms. The van der Waals surface area contributed by atoms with Gasteiger partial charge in [0, 0.05) is 11.5 Å². The van der Waals surface area contributed by atoms with Crippen LogP contribution in [0.25, 0.3) is 0 Å². The zero-order valence-electron chi connectivity index (χ0n) is 18.2. The van der Waals surface area contributed by atoms with Gasteiger partial charge in [0.05, 0.1) is 25.7 Å². The highest BCUT2D eigenvalue weighted by Gasteiger charge is 2.68. The minimum Gasteiger partial charge on any atom is -0.460 e. The summed E-state index contributed by atoms with van der Waals surface area (Å²) >= 11 is 0. The number of cyclic esters (lactones) is 2. The lowest BCUT2D eigenvalue weighted by Crippen LogP contribution is -2.55. The van der Waals surface area contributed by atoms with Crippen molar-refractivity contribution in [1.82, 2.24) is 0 Å². The van der Waals surface area contributed by atoms with Crippen LogP contribution in [0.15, 0.2) is 60.7 Å². The second-order valence-corrected chi connectivity index (χ2v) is 8.51. The van der Waals surface area contributed by atoms with Crippen LogP contribution < -0.4 is 0 Å². The Bertz CT molecular complexity index is 1100. The molecule has 33 heavy (non-hydrogen) atoms. The summed E-state index contributed by atoms with van der Waals surface area (Å²) in [7, 11) is 0. The molecule has 6 rings (SSSR count). The average molecular weight is 448 g/mol. The fourth-order valence-electron chi connectivity index (χ4n) is 5.43. The molecule has 2 atom stereocenters. The van der Waals surface area contributed by atoms with Gasteiger partial charge in [0.2, 0.25) is 0 Å². The summed E-state index contributed by atoms with van der Waals surface area (Å²) in [4.78, 5) is 37.1. The lowest BCUT2D eigenvalue weighted by Gasteiger charge is -2.52. The number of rotatable bonds is 8. The molecule has 2 aromatic carbocycles. The largest absolute Gasteiger partial charge is 0.460 e. The highest BCUT2D eigenvalue weighted by Crippen LogP contribution is 2.64. The van der Waals surface area contributed by atoms with Crippen molar-refractivity contribution in [3.8, 4) is 0 Å². The smallest absolute Gasteiger partial charge is 0.333 e. The van der Waals surface area contributed by atoms with E-state index in [2.05, 4.69) is 6.58 Å². The molecule has 4 aliphatic rings. The standard InChI is InChI=1S/C26H24O7/c1-15(2)23(27)31-13-11-30-12-14-32-26-18-9-5-3-7-16(18)20(17-8-4-6-10-19(17)26)21-22(26)25(29)33-24(21)28/h3-10,20-22H,1,11-14H2,2H3. The van der Waals surface area contributed by atoms with Gasteiger partial charge in [-0.15, -0.1) is 0 Å². The first-order valence-electron chi connectivity index (χ1n) is 11.0. The number of carbonyl (C=O) groups excluding carboxylic acids is 3. The van der Waals surface area contributed by atoms with Crippen LogP contribution in [0.3, 0.4) is 0 Å². The summed E-state index contributed by atoms with van der Waals surface area (Å²) in [5, 5.41) is 0. The number of hydrogen-bond acceptors (Lipinski definition) is 7. The molecule has 1 saturated heterocycles. The van der Waals surface area contributed by atoms with Gasteiger partial charge in [-0.25, -0.2) is 4.79 Å². The van der Waals surface area contributed by atoms with Gasteiger partial charge in [-0.1, -0.05) is 55.1 Å². The van der Waals surface area contributed by atoms with Crippen LogP contribution in [0.1, 0.15) is 35.1 Å². The molecule has 7 nitrogen and oxygen atoms in total. The van der Waals surface area contributed by atoms with Crippen LogP contribution in [-0.4, -0.2) is 44.3 Å². The maximum Gasteiger partial charge on any atom is 0.333 e. The maximum absolute atomic E-state index is 12.9. The van der Waals surface area contributed by atoms with E-state index in [0.29, 0.717) is 5.57 Å². The SMILES string of the molecule is C=C(C)C(=O)OCCOCCOC12c3ccccc3C(c3ccccc31)C1C(=O)OC(=O)C12. The van der Waals surface area contributed by atoms with E-state index in [9.17, 15) is 14.4 Å². The molecule has 2 bridgehead atoms. The number of hydrogen-bond donors (Lipinski definition) is 0. The van der Waals surface area contributed by atoms with Gasteiger partial charge in [-0.2, -0.15) is 0 Å². The van der Waals surface area contributed by atoms with Crippen molar-refractivity contribution < 1.29 is 33.3 Å². The van der Waals surface area contributed by atoms with Crippen LogP contribution in [0.2, 0.25) is 0 Å². The molecular weight excluding hydrogens is 424 g/mol. The first-order chi connectivity index (χ1) is 16.0. The monoisotopic (exact) mass is 448 g/mol. The number of ether oxygens (including phenoxy) is 4. The van der Waals surface area contributed by atoms with Crippen molar-refractivity contribution in [1.29, 1.82) is 0 Å². The van der Waals surface area contributed by atoms with Crippen molar-refractivity contribution in [2.24, 2.45) is 11.8 Å². The predicted octanol–water partition coefficient (Wildman–Crippen LogP) is 2.86. The summed E-state index contributed by atoms with van der Waals surface area (Å²) in [6.07, 6.45) is 0. The Labute approximate surface area is 191 Å². The normalized spacial score (nSPS) is 26.3. The van der Waals surface area contributed by atoms with Crippen LogP contribution >= 0.6 is 0 Å². The van der Waals surface area contributed by atoms with Crippen molar-refractivity contribution >= 4 is 17.9 Å². The topological polar surface area (TPSA) is 88.1 Å². The zero-order valence-corrected chi connectivity index (χ0v) is 18.2. The summed E-state index contributed by atoms with van der Waals surface area (Å²) in [6.45, 7) is 5.82. The second kappa shape index (κ2) is 8.24. The predicted molar refractivity (Wildman–Crippen MR) is 116 cm³/mol. The number of carbonyl (C=O) groups is 3. The molecular formula is C26H24O7. The molecule has 7 heteroatoms. The van der Waals surface area contributed by atoms with Crippen LogP contribution in [0.4, 0.5) is 0 Å². The molecule has 170 valence electrons. The van der Waals surface area contributed by atoms with E-state index in [0.717, 1.165) is 22.3 Å². The third kappa shape index (κ3) is 3.22. The number of benzene rings is 2. The third-order valence-corrected chi connectivity index (χ3v) is 6.64. The van der Waals surface area contributed by atoms with Crippen LogP contribution in [-0.2, 0) is 38.9 Å². The van der Waals surface area contributed by atoms with E-state index in [1.807, 2.05) is 48.5 Å². The van der Waals surface area contributed by atoms with Gasteiger partial charge in [0.15, 0.2) is 0 Å². The Morgan fingerprint density at radius 3 is 2.18 bits per heavy atom. The van der Waals surface area contributed by atoms with E-state index in [1.54, 1.807) is 6.92 Å². The second-order valence-electron chi connectivity index (χ2n) is 8.51.